The highest BCUT2D eigenvalue weighted by Crippen LogP contribution is 2.28. The number of hydrogen-bond acceptors (Lipinski definition) is 3. The molecule has 0 aromatic heterocycles. The van der Waals surface area contributed by atoms with Crippen molar-refractivity contribution < 1.29 is 0 Å². The van der Waals surface area contributed by atoms with E-state index in [0.29, 0.717) is 6.04 Å². The summed E-state index contributed by atoms with van der Waals surface area (Å²) in [4.78, 5) is 2.60. The zero-order valence-corrected chi connectivity index (χ0v) is 13.9. The van der Waals surface area contributed by atoms with Crippen LogP contribution in [0.2, 0.25) is 0 Å². The van der Waals surface area contributed by atoms with Crippen molar-refractivity contribution in [1.29, 1.82) is 0 Å². The van der Waals surface area contributed by atoms with E-state index in [1.807, 2.05) is 0 Å². The highest BCUT2D eigenvalue weighted by atomic mass is 32.2. The van der Waals surface area contributed by atoms with E-state index in [-0.39, 0.29) is 0 Å². The van der Waals surface area contributed by atoms with Crippen LogP contribution in [-0.4, -0.2) is 41.6 Å². The number of nitrogens with zero attached hydrogens (tertiary/aromatic N) is 1. The van der Waals surface area contributed by atoms with Gasteiger partial charge in [0.05, 0.1) is 0 Å². The average molecular weight is 305 g/mol. The van der Waals surface area contributed by atoms with E-state index in [2.05, 4.69) is 58.6 Å². The van der Waals surface area contributed by atoms with E-state index < -0.39 is 0 Å². The topological polar surface area (TPSA) is 15.3 Å². The summed E-state index contributed by atoms with van der Waals surface area (Å²) in [6, 6.07) is 12.3. The number of rotatable bonds is 5. The normalized spacial score (nSPS) is 30.6. The lowest BCUT2D eigenvalue weighted by Gasteiger charge is -2.33. The van der Waals surface area contributed by atoms with E-state index in [4.69, 9.17) is 0 Å². The summed E-state index contributed by atoms with van der Waals surface area (Å²) in [7, 11) is 0. The average Bonchev–Trinajstić information content (AvgIpc) is 2.96. The van der Waals surface area contributed by atoms with E-state index >= 15 is 0 Å². The molecule has 3 heteroatoms. The summed E-state index contributed by atoms with van der Waals surface area (Å²) in [6.45, 7) is 3.56. The second-order valence-corrected chi connectivity index (χ2v) is 7.61. The zero-order chi connectivity index (χ0) is 14.5. The van der Waals surface area contributed by atoms with Crippen molar-refractivity contribution in [3.63, 3.8) is 0 Å². The largest absolute Gasteiger partial charge is 0.309 e. The van der Waals surface area contributed by atoms with E-state index in [1.165, 1.54) is 50.8 Å². The molecule has 1 aliphatic heterocycles. The van der Waals surface area contributed by atoms with E-state index in [1.54, 1.807) is 0 Å². The highest BCUT2D eigenvalue weighted by molar-refractivity contribution is 7.99. The number of thioether (sulfide) groups is 1. The van der Waals surface area contributed by atoms with Gasteiger partial charge in [0.15, 0.2) is 0 Å². The lowest BCUT2D eigenvalue weighted by molar-refractivity contribution is 0.302. The number of benzene rings is 1. The van der Waals surface area contributed by atoms with E-state index in [0.717, 1.165) is 17.8 Å². The second kappa shape index (κ2) is 7.66. The number of hydrogen-bond donors (Lipinski definition) is 1. The molecule has 1 saturated carbocycles. The van der Waals surface area contributed by atoms with Crippen LogP contribution in [0.1, 0.15) is 37.7 Å². The van der Waals surface area contributed by atoms with Crippen molar-refractivity contribution in [3.8, 4) is 0 Å². The predicted octanol–water partition coefficient (Wildman–Crippen LogP) is 3.52. The van der Waals surface area contributed by atoms with Crippen LogP contribution < -0.4 is 5.32 Å². The Morgan fingerprint density at radius 1 is 1.14 bits per heavy atom. The lowest BCUT2D eigenvalue weighted by atomic mass is 9.94. The molecule has 1 saturated heterocycles. The Bertz CT molecular complexity index is 422. The van der Waals surface area contributed by atoms with Crippen LogP contribution in [0.3, 0.4) is 0 Å². The van der Waals surface area contributed by atoms with Crippen molar-refractivity contribution in [2.24, 2.45) is 0 Å². The third-order valence-corrected chi connectivity index (χ3v) is 6.15. The molecule has 2 aliphatic rings. The maximum Gasteiger partial charge on any atom is 0.0234 e. The first-order valence-electron chi connectivity index (χ1n) is 8.40. The molecule has 0 bridgehead atoms. The summed E-state index contributed by atoms with van der Waals surface area (Å²) in [5.41, 5.74) is 1.44. The van der Waals surface area contributed by atoms with E-state index in [9.17, 15) is 0 Å². The molecule has 21 heavy (non-hydrogen) atoms. The number of likely N-dealkylation sites (tertiary alicyclic amines) is 1. The Labute approximate surface area is 133 Å². The quantitative estimate of drug-likeness (QED) is 0.896. The van der Waals surface area contributed by atoms with Gasteiger partial charge in [-0.1, -0.05) is 43.2 Å². The van der Waals surface area contributed by atoms with Crippen molar-refractivity contribution in [3.05, 3.63) is 35.9 Å². The first kappa shape index (κ1) is 15.4. The molecule has 0 amide bonds. The Kier molecular flexibility index (Phi) is 5.61. The van der Waals surface area contributed by atoms with Crippen LogP contribution in [0.15, 0.2) is 30.3 Å². The Balaban J connectivity index is 1.48. The third-order valence-electron chi connectivity index (χ3n) is 4.98. The Hall–Kier alpha value is -0.510. The molecule has 0 radical (unpaired) electrons. The van der Waals surface area contributed by atoms with Gasteiger partial charge in [-0.15, -0.1) is 0 Å². The van der Waals surface area contributed by atoms with Crippen molar-refractivity contribution in [2.75, 3.05) is 19.3 Å². The molecule has 0 spiro atoms. The lowest BCUT2D eigenvalue weighted by Crippen LogP contribution is -2.46. The van der Waals surface area contributed by atoms with Crippen LogP contribution >= 0.6 is 11.8 Å². The van der Waals surface area contributed by atoms with Crippen LogP contribution in [0.5, 0.6) is 0 Å². The Morgan fingerprint density at radius 2 is 1.95 bits per heavy atom. The minimum absolute atomic E-state index is 0.700. The fraction of sp³-hybridized carbons (Fsp3) is 0.667. The third kappa shape index (κ3) is 4.24. The molecule has 3 atom stereocenters. The van der Waals surface area contributed by atoms with Crippen LogP contribution in [0.4, 0.5) is 0 Å². The van der Waals surface area contributed by atoms with Gasteiger partial charge in [0.2, 0.25) is 0 Å². The van der Waals surface area contributed by atoms with Gasteiger partial charge in [-0.2, -0.15) is 11.8 Å². The second-order valence-electron chi connectivity index (χ2n) is 6.54. The van der Waals surface area contributed by atoms with Gasteiger partial charge in [-0.25, -0.2) is 0 Å². The molecule has 1 aromatic rings. The summed E-state index contributed by atoms with van der Waals surface area (Å²) < 4.78 is 0. The molecule has 1 aliphatic carbocycles. The molecule has 1 N–H and O–H groups in total. The molecule has 2 fully saturated rings. The van der Waals surface area contributed by atoms with Crippen LogP contribution in [0.25, 0.3) is 0 Å². The maximum atomic E-state index is 3.97. The van der Waals surface area contributed by atoms with Gasteiger partial charge in [0.1, 0.15) is 0 Å². The van der Waals surface area contributed by atoms with Gasteiger partial charge in [-0.05, 0) is 31.1 Å². The van der Waals surface area contributed by atoms with Gasteiger partial charge < -0.3 is 5.32 Å². The first-order chi connectivity index (χ1) is 10.3. The molecular formula is C18H28N2S. The van der Waals surface area contributed by atoms with Gasteiger partial charge in [-0.3, -0.25) is 4.90 Å². The minimum Gasteiger partial charge on any atom is -0.309 e. The first-order valence-corrected chi connectivity index (χ1v) is 9.69. The van der Waals surface area contributed by atoms with Gasteiger partial charge in [0, 0.05) is 37.0 Å². The fourth-order valence-corrected chi connectivity index (χ4v) is 4.77. The summed E-state index contributed by atoms with van der Waals surface area (Å²) in [5.74, 6) is 0. The van der Waals surface area contributed by atoms with Gasteiger partial charge >= 0.3 is 0 Å². The summed E-state index contributed by atoms with van der Waals surface area (Å²) in [6.07, 6.45) is 9.20. The predicted molar refractivity (Wildman–Crippen MR) is 92.8 cm³/mol. The maximum absolute atomic E-state index is 3.97. The standard InChI is InChI=1S/C18H28N2S/c1-21-18-10-6-5-9-17(18)19-16-11-12-20(14-16)13-15-7-3-2-4-8-15/h2-4,7-8,16-19H,5-6,9-14H2,1H3. The molecule has 3 rings (SSSR count). The fourth-order valence-electron chi connectivity index (χ4n) is 3.83. The summed E-state index contributed by atoms with van der Waals surface area (Å²) in [5, 5.41) is 4.81. The SMILES string of the molecule is CSC1CCCCC1NC1CCN(Cc2ccccc2)C1. The molecule has 1 aromatic carbocycles. The van der Waals surface area contributed by atoms with Crippen molar-refractivity contribution in [1.82, 2.24) is 10.2 Å². The smallest absolute Gasteiger partial charge is 0.0234 e. The monoisotopic (exact) mass is 304 g/mol. The van der Waals surface area contributed by atoms with Gasteiger partial charge in [0.25, 0.3) is 0 Å². The number of nitrogens with one attached hydrogen (secondary N) is 1. The molecule has 2 nitrogen and oxygen atoms in total. The van der Waals surface area contributed by atoms with Crippen molar-refractivity contribution >= 4 is 11.8 Å². The molecular weight excluding hydrogens is 276 g/mol. The highest BCUT2D eigenvalue weighted by Gasteiger charge is 2.29. The van der Waals surface area contributed by atoms with Crippen LogP contribution in [0, 0.1) is 0 Å². The molecule has 116 valence electrons. The van der Waals surface area contributed by atoms with Crippen LogP contribution in [-0.2, 0) is 6.54 Å². The zero-order valence-electron chi connectivity index (χ0n) is 13.1. The summed E-state index contributed by atoms with van der Waals surface area (Å²) >= 11 is 2.06. The van der Waals surface area contributed by atoms with Crippen molar-refractivity contribution in [2.45, 2.75) is 56.0 Å². The molecule has 1 heterocycles. The molecule has 3 unspecified atom stereocenters. The Morgan fingerprint density at radius 3 is 2.76 bits per heavy atom. The minimum atomic E-state index is 0.700.